The first-order valence-electron chi connectivity index (χ1n) is 10.3. The molecule has 0 atom stereocenters. The number of para-hydroxylation sites is 1. The molecule has 0 radical (unpaired) electrons. The van der Waals surface area contributed by atoms with E-state index < -0.39 is 5.97 Å². The van der Waals surface area contributed by atoms with Crippen LogP contribution in [0.1, 0.15) is 17.3 Å². The molecular formula is C25H24N2O5S. The lowest BCUT2D eigenvalue weighted by atomic mass is 10.2. The summed E-state index contributed by atoms with van der Waals surface area (Å²) >= 11 is 1.37. The van der Waals surface area contributed by atoms with Gasteiger partial charge in [0.15, 0.2) is 6.61 Å². The SMILES string of the molecule is CCOC(=O)c1ccc(NC(=O)CSc2ccc(NC(=O)COc3ccccc3)cc2)cc1. The van der Waals surface area contributed by atoms with Gasteiger partial charge in [-0.25, -0.2) is 4.79 Å². The number of hydrogen-bond acceptors (Lipinski definition) is 6. The predicted octanol–water partition coefficient (Wildman–Crippen LogP) is 4.61. The monoisotopic (exact) mass is 464 g/mol. The van der Waals surface area contributed by atoms with Crippen molar-refractivity contribution in [1.29, 1.82) is 0 Å². The van der Waals surface area contributed by atoms with Gasteiger partial charge in [0.25, 0.3) is 5.91 Å². The van der Waals surface area contributed by atoms with E-state index in [-0.39, 0.29) is 24.2 Å². The average molecular weight is 465 g/mol. The number of benzene rings is 3. The van der Waals surface area contributed by atoms with Crippen molar-refractivity contribution in [2.24, 2.45) is 0 Å². The van der Waals surface area contributed by atoms with Gasteiger partial charge in [0.05, 0.1) is 17.9 Å². The van der Waals surface area contributed by atoms with Gasteiger partial charge >= 0.3 is 5.97 Å². The first kappa shape index (κ1) is 23.9. The molecule has 3 aromatic carbocycles. The lowest BCUT2D eigenvalue weighted by Crippen LogP contribution is -2.20. The fourth-order valence-electron chi connectivity index (χ4n) is 2.75. The Morgan fingerprint density at radius 1 is 0.788 bits per heavy atom. The smallest absolute Gasteiger partial charge is 0.338 e. The van der Waals surface area contributed by atoms with E-state index in [0.29, 0.717) is 29.3 Å². The van der Waals surface area contributed by atoms with Crippen molar-refractivity contribution in [2.45, 2.75) is 11.8 Å². The summed E-state index contributed by atoms with van der Waals surface area (Å²) in [6.45, 7) is 1.97. The number of rotatable bonds is 10. The van der Waals surface area contributed by atoms with Crippen LogP contribution in [0, 0.1) is 0 Å². The number of ether oxygens (including phenoxy) is 2. The van der Waals surface area contributed by atoms with Crippen LogP contribution < -0.4 is 15.4 Å². The molecule has 2 amide bonds. The van der Waals surface area contributed by atoms with Crippen molar-refractivity contribution in [3.63, 3.8) is 0 Å². The van der Waals surface area contributed by atoms with Crippen LogP contribution >= 0.6 is 11.8 Å². The maximum atomic E-state index is 12.2. The largest absolute Gasteiger partial charge is 0.484 e. The molecule has 0 aliphatic rings. The summed E-state index contributed by atoms with van der Waals surface area (Å²) in [4.78, 5) is 36.8. The first-order valence-corrected chi connectivity index (χ1v) is 11.3. The fourth-order valence-corrected chi connectivity index (χ4v) is 3.45. The third-order valence-electron chi connectivity index (χ3n) is 4.30. The van der Waals surface area contributed by atoms with Crippen molar-refractivity contribution < 1.29 is 23.9 Å². The Morgan fingerprint density at radius 2 is 1.39 bits per heavy atom. The van der Waals surface area contributed by atoms with Crippen LogP contribution in [0.3, 0.4) is 0 Å². The topological polar surface area (TPSA) is 93.7 Å². The number of thioether (sulfide) groups is 1. The molecule has 8 heteroatoms. The van der Waals surface area contributed by atoms with E-state index in [9.17, 15) is 14.4 Å². The van der Waals surface area contributed by atoms with Crippen LogP contribution in [-0.2, 0) is 14.3 Å². The summed E-state index contributed by atoms with van der Waals surface area (Å²) in [5.41, 5.74) is 1.68. The zero-order valence-corrected chi connectivity index (χ0v) is 18.9. The van der Waals surface area contributed by atoms with Crippen molar-refractivity contribution in [3.8, 4) is 5.75 Å². The van der Waals surface area contributed by atoms with Gasteiger partial charge in [0.1, 0.15) is 5.75 Å². The second-order valence-corrected chi connectivity index (χ2v) is 7.86. The minimum atomic E-state index is -0.394. The van der Waals surface area contributed by atoms with Gasteiger partial charge in [-0.1, -0.05) is 18.2 Å². The summed E-state index contributed by atoms with van der Waals surface area (Å²) in [6.07, 6.45) is 0. The predicted molar refractivity (Wildman–Crippen MR) is 129 cm³/mol. The Balaban J connectivity index is 1.41. The maximum absolute atomic E-state index is 12.2. The number of esters is 1. The number of carbonyl (C=O) groups excluding carboxylic acids is 3. The molecule has 0 aromatic heterocycles. The molecule has 0 heterocycles. The van der Waals surface area contributed by atoms with E-state index >= 15 is 0 Å². The van der Waals surface area contributed by atoms with E-state index in [1.807, 2.05) is 30.3 Å². The molecule has 7 nitrogen and oxygen atoms in total. The molecule has 33 heavy (non-hydrogen) atoms. The molecule has 3 aromatic rings. The van der Waals surface area contributed by atoms with Crippen molar-refractivity contribution >= 4 is 40.9 Å². The van der Waals surface area contributed by atoms with Crippen LogP contribution in [-0.4, -0.2) is 36.8 Å². The van der Waals surface area contributed by atoms with E-state index in [1.54, 1.807) is 55.5 Å². The summed E-state index contributed by atoms with van der Waals surface area (Å²) in [6, 6.07) is 22.9. The first-order chi connectivity index (χ1) is 16.0. The van der Waals surface area contributed by atoms with Crippen LogP contribution in [0.2, 0.25) is 0 Å². The zero-order valence-electron chi connectivity index (χ0n) is 18.1. The number of carbonyl (C=O) groups is 3. The van der Waals surface area contributed by atoms with Crippen molar-refractivity contribution in [1.82, 2.24) is 0 Å². The third kappa shape index (κ3) is 8.01. The molecule has 2 N–H and O–H groups in total. The number of amides is 2. The summed E-state index contributed by atoms with van der Waals surface area (Å²) in [5, 5.41) is 5.56. The third-order valence-corrected chi connectivity index (χ3v) is 5.31. The van der Waals surface area contributed by atoms with Crippen LogP contribution in [0.4, 0.5) is 11.4 Å². The number of hydrogen-bond donors (Lipinski definition) is 2. The van der Waals surface area contributed by atoms with Crippen molar-refractivity contribution in [2.75, 3.05) is 29.6 Å². The lowest BCUT2D eigenvalue weighted by molar-refractivity contribution is -0.118. The van der Waals surface area contributed by atoms with Gasteiger partial charge in [-0.2, -0.15) is 0 Å². The highest BCUT2D eigenvalue weighted by atomic mass is 32.2. The molecule has 0 fully saturated rings. The van der Waals surface area contributed by atoms with Gasteiger partial charge in [-0.3, -0.25) is 9.59 Å². The molecule has 0 saturated carbocycles. The van der Waals surface area contributed by atoms with Gasteiger partial charge < -0.3 is 20.1 Å². The molecule has 3 rings (SSSR count). The van der Waals surface area contributed by atoms with Crippen LogP contribution in [0.15, 0.2) is 83.8 Å². The Bertz CT molecular complexity index is 1070. The Morgan fingerprint density at radius 3 is 2.03 bits per heavy atom. The minimum absolute atomic E-state index is 0.0819. The second kappa shape index (κ2) is 12.3. The molecule has 0 saturated heterocycles. The van der Waals surface area contributed by atoms with E-state index in [4.69, 9.17) is 9.47 Å². The highest BCUT2D eigenvalue weighted by Crippen LogP contribution is 2.21. The summed E-state index contributed by atoms with van der Waals surface area (Å²) in [5.74, 6) is 0.0322. The van der Waals surface area contributed by atoms with Gasteiger partial charge in [-0.15, -0.1) is 11.8 Å². The summed E-state index contributed by atoms with van der Waals surface area (Å²) < 4.78 is 10.4. The van der Waals surface area contributed by atoms with Crippen molar-refractivity contribution in [3.05, 3.63) is 84.4 Å². The van der Waals surface area contributed by atoms with E-state index in [0.717, 1.165) is 4.90 Å². The molecule has 0 aliphatic carbocycles. The van der Waals surface area contributed by atoms with Gasteiger partial charge in [0, 0.05) is 16.3 Å². The number of anilines is 2. The summed E-state index contributed by atoms with van der Waals surface area (Å²) in [7, 11) is 0. The Labute approximate surface area is 196 Å². The maximum Gasteiger partial charge on any atom is 0.338 e. The molecule has 0 unspecified atom stereocenters. The molecule has 170 valence electrons. The van der Waals surface area contributed by atoms with Gasteiger partial charge in [0.2, 0.25) is 5.91 Å². The highest BCUT2D eigenvalue weighted by Gasteiger charge is 2.08. The number of nitrogens with one attached hydrogen (secondary N) is 2. The normalized spacial score (nSPS) is 10.2. The minimum Gasteiger partial charge on any atom is -0.484 e. The second-order valence-electron chi connectivity index (χ2n) is 6.81. The lowest BCUT2D eigenvalue weighted by Gasteiger charge is -2.09. The van der Waals surface area contributed by atoms with Crippen LogP contribution in [0.5, 0.6) is 5.75 Å². The van der Waals surface area contributed by atoms with Gasteiger partial charge in [-0.05, 0) is 67.6 Å². The quantitative estimate of drug-likeness (QED) is 0.336. The fraction of sp³-hybridized carbons (Fsp3) is 0.160. The average Bonchev–Trinajstić information content (AvgIpc) is 2.83. The van der Waals surface area contributed by atoms with E-state index in [2.05, 4.69) is 10.6 Å². The molecule has 0 spiro atoms. The zero-order chi connectivity index (χ0) is 23.5. The highest BCUT2D eigenvalue weighted by molar-refractivity contribution is 8.00. The van der Waals surface area contributed by atoms with E-state index in [1.165, 1.54) is 11.8 Å². The Hall–Kier alpha value is -3.78. The molecule has 0 bridgehead atoms. The standard InChI is InChI=1S/C25H24N2O5S/c1-2-31-25(30)18-8-10-19(11-9-18)27-24(29)17-33-22-14-12-20(13-15-22)26-23(28)16-32-21-6-4-3-5-7-21/h3-15H,2,16-17H2,1H3,(H,26,28)(H,27,29). The molecule has 0 aliphatic heterocycles. The van der Waals surface area contributed by atoms with Crippen LogP contribution in [0.25, 0.3) is 0 Å². The molecular weight excluding hydrogens is 440 g/mol. The Kier molecular flexibility index (Phi) is 8.90.